The Bertz CT molecular complexity index is 367. The van der Waals surface area contributed by atoms with Crippen LogP contribution in [0.2, 0.25) is 0 Å². The number of rotatable bonds is 3. The number of halogens is 1. The zero-order valence-corrected chi connectivity index (χ0v) is 9.39. The summed E-state index contributed by atoms with van der Waals surface area (Å²) in [6, 6.07) is 5.39. The highest BCUT2D eigenvalue weighted by atomic mass is 19.1. The number of hydrogen-bond acceptors (Lipinski definition) is 1. The van der Waals surface area contributed by atoms with Crippen LogP contribution in [-0.4, -0.2) is 6.54 Å². The molecule has 1 aromatic rings. The molecule has 2 heteroatoms. The Labute approximate surface area is 90.5 Å². The van der Waals surface area contributed by atoms with Gasteiger partial charge in [0.05, 0.1) is 0 Å². The molecule has 1 aliphatic carbocycles. The lowest BCUT2D eigenvalue weighted by Gasteiger charge is -2.15. The van der Waals surface area contributed by atoms with Crippen molar-refractivity contribution in [2.24, 2.45) is 5.73 Å². The van der Waals surface area contributed by atoms with E-state index in [2.05, 4.69) is 19.9 Å². The molecule has 0 aliphatic heterocycles. The van der Waals surface area contributed by atoms with Gasteiger partial charge in [0.15, 0.2) is 0 Å². The summed E-state index contributed by atoms with van der Waals surface area (Å²) in [6.45, 7) is 4.80. The highest BCUT2D eigenvalue weighted by Crippen LogP contribution is 2.47. The third-order valence-corrected chi connectivity index (χ3v) is 3.44. The molecule has 0 spiro atoms. The fourth-order valence-electron chi connectivity index (χ4n) is 2.01. The summed E-state index contributed by atoms with van der Waals surface area (Å²) in [5, 5.41) is 0. The lowest BCUT2D eigenvalue weighted by atomic mass is 9.91. The molecule has 82 valence electrons. The second-order valence-electron chi connectivity index (χ2n) is 4.91. The van der Waals surface area contributed by atoms with E-state index >= 15 is 0 Å². The summed E-state index contributed by atoms with van der Waals surface area (Å²) in [6.07, 6.45) is 2.20. The molecule has 0 unspecified atom stereocenters. The summed E-state index contributed by atoms with van der Waals surface area (Å²) in [5.41, 5.74) is 8.01. The van der Waals surface area contributed by atoms with Crippen LogP contribution in [0.15, 0.2) is 18.2 Å². The minimum Gasteiger partial charge on any atom is -0.330 e. The molecule has 1 fully saturated rings. The van der Waals surface area contributed by atoms with E-state index in [1.165, 1.54) is 0 Å². The maximum Gasteiger partial charge on any atom is 0.123 e. The number of benzene rings is 1. The Morgan fingerprint density at radius 3 is 2.47 bits per heavy atom. The lowest BCUT2D eigenvalue weighted by molar-refractivity contribution is 0.610. The van der Waals surface area contributed by atoms with Gasteiger partial charge in [-0.3, -0.25) is 0 Å². The van der Waals surface area contributed by atoms with Gasteiger partial charge in [-0.25, -0.2) is 4.39 Å². The summed E-state index contributed by atoms with van der Waals surface area (Å²) < 4.78 is 13.4. The highest BCUT2D eigenvalue weighted by Gasteiger charge is 2.43. The SMILES string of the molecule is CC(C)c1cc(F)cc(C2(CN)CC2)c1. The first-order chi connectivity index (χ1) is 7.07. The van der Waals surface area contributed by atoms with Crippen molar-refractivity contribution in [1.29, 1.82) is 0 Å². The molecule has 2 N–H and O–H groups in total. The molecule has 1 aromatic carbocycles. The van der Waals surface area contributed by atoms with E-state index in [4.69, 9.17) is 5.73 Å². The molecule has 1 aliphatic rings. The zero-order valence-electron chi connectivity index (χ0n) is 9.39. The van der Waals surface area contributed by atoms with Crippen LogP contribution in [0.4, 0.5) is 4.39 Å². The second kappa shape index (κ2) is 3.60. The van der Waals surface area contributed by atoms with Crippen molar-refractivity contribution < 1.29 is 4.39 Å². The quantitative estimate of drug-likeness (QED) is 0.810. The van der Waals surface area contributed by atoms with Gasteiger partial charge in [0.25, 0.3) is 0 Å². The van der Waals surface area contributed by atoms with Crippen LogP contribution in [0, 0.1) is 5.82 Å². The molecule has 1 nitrogen and oxygen atoms in total. The number of hydrogen-bond donors (Lipinski definition) is 1. The maximum absolute atomic E-state index is 13.4. The van der Waals surface area contributed by atoms with Gasteiger partial charge in [-0.05, 0) is 42.0 Å². The van der Waals surface area contributed by atoms with Crippen molar-refractivity contribution in [3.05, 3.63) is 35.1 Å². The highest BCUT2D eigenvalue weighted by molar-refractivity contribution is 5.36. The Balaban J connectivity index is 2.40. The minimum atomic E-state index is -0.129. The first kappa shape index (κ1) is 10.6. The van der Waals surface area contributed by atoms with Crippen molar-refractivity contribution in [2.75, 3.05) is 6.54 Å². The van der Waals surface area contributed by atoms with Crippen LogP contribution in [0.3, 0.4) is 0 Å². The second-order valence-corrected chi connectivity index (χ2v) is 4.91. The predicted octanol–water partition coefficient (Wildman–Crippen LogP) is 2.94. The lowest BCUT2D eigenvalue weighted by Crippen LogP contribution is -2.20. The Hall–Kier alpha value is -0.890. The third kappa shape index (κ3) is 1.91. The van der Waals surface area contributed by atoms with E-state index in [1.54, 1.807) is 12.1 Å². The van der Waals surface area contributed by atoms with E-state index < -0.39 is 0 Å². The average Bonchev–Trinajstić information content (AvgIpc) is 2.97. The number of nitrogens with two attached hydrogens (primary N) is 1. The molecule has 2 rings (SSSR count). The van der Waals surface area contributed by atoms with Crippen LogP contribution >= 0.6 is 0 Å². The van der Waals surface area contributed by atoms with Crippen LogP contribution in [-0.2, 0) is 5.41 Å². The molecule has 15 heavy (non-hydrogen) atoms. The van der Waals surface area contributed by atoms with Gasteiger partial charge in [-0.1, -0.05) is 19.9 Å². The van der Waals surface area contributed by atoms with E-state index in [1.807, 2.05) is 0 Å². The molecule has 0 radical (unpaired) electrons. The first-order valence-electron chi connectivity index (χ1n) is 5.58. The predicted molar refractivity (Wildman–Crippen MR) is 60.5 cm³/mol. The van der Waals surface area contributed by atoms with Crippen LogP contribution < -0.4 is 5.73 Å². The summed E-state index contributed by atoms with van der Waals surface area (Å²) >= 11 is 0. The van der Waals surface area contributed by atoms with Crippen molar-refractivity contribution in [3.8, 4) is 0 Å². The smallest absolute Gasteiger partial charge is 0.123 e. The average molecular weight is 207 g/mol. The van der Waals surface area contributed by atoms with Gasteiger partial charge < -0.3 is 5.73 Å². The van der Waals surface area contributed by atoms with Crippen LogP contribution in [0.1, 0.15) is 43.7 Å². The van der Waals surface area contributed by atoms with Gasteiger partial charge >= 0.3 is 0 Å². The Morgan fingerprint density at radius 2 is 2.00 bits per heavy atom. The summed E-state index contributed by atoms with van der Waals surface area (Å²) in [7, 11) is 0. The summed E-state index contributed by atoms with van der Waals surface area (Å²) in [4.78, 5) is 0. The van der Waals surface area contributed by atoms with Gasteiger partial charge in [0.2, 0.25) is 0 Å². The largest absolute Gasteiger partial charge is 0.330 e. The molecule has 0 heterocycles. The fourth-order valence-corrected chi connectivity index (χ4v) is 2.01. The van der Waals surface area contributed by atoms with Crippen molar-refractivity contribution in [1.82, 2.24) is 0 Å². The standard InChI is InChI=1S/C13H18FN/c1-9(2)10-5-11(7-12(14)6-10)13(8-15)3-4-13/h5-7,9H,3-4,8,15H2,1-2H3. The monoisotopic (exact) mass is 207 g/mol. The Kier molecular flexibility index (Phi) is 2.55. The summed E-state index contributed by atoms with van der Waals surface area (Å²) in [5.74, 6) is 0.240. The molecule has 0 bridgehead atoms. The fraction of sp³-hybridized carbons (Fsp3) is 0.538. The molecular weight excluding hydrogens is 189 g/mol. The van der Waals surface area contributed by atoms with Gasteiger partial charge in [-0.15, -0.1) is 0 Å². The molecule has 1 saturated carbocycles. The molecule has 0 saturated heterocycles. The molecular formula is C13H18FN. The topological polar surface area (TPSA) is 26.0 Å². The van der Waals surface area contributed by atoms with Crippen LogP contribution in [0.5, 0.6) is 0 Å². The molecule has 0 atom stereocenters. The van der Waals surface area contributed by atoms with Crippen molar-refractivity contribution >= 4 is 0 Å². The van der Waals surface area contributed by atoms with Crippen LogP contribution in [0.25, 0.3) is 0 Å². The van der Waals surface area contributed by atoms with Gasteiger partial charge in [0.1, 0.15) is 5.82 Å². The zero-order chi connectivity index (χ0) is 11.1. The van der Waals surface area contributed by atoms with E-state index in [-0.39, 0.29) is 11.2 Å². The van der Waals surface area contributed by atoms with Gasteiger partial charge in [-0.2, -0.15) is 0 Å². The first-order valence-corrected chi connectivity index (χ1v) is 5.58. The van der Waals surface area contributed by atoms with Crippen molar-refractivity contribution in [3.63, 3.8) is 0 Å². The van der Waals surface area contributed by atoms with Crippen molar-refractivity contribution in [2.45, 2.75) is 38.0 Å². The van der Waals surface area contributed by atoms with E-state index in [0.29, 0.717) is 12.5 Å². The molecule has 0 amide bonds. The maximum atomic E-state index is 13.4. The minimum absolute atomic E-state index is 0.0890. The van der Waals surface area contributed by atoms with E-state index in [9.17, 15) is 4.39 Å². The third-order valence-electron chi connectivity index (χ3n) is 3.44. The van der Waals surface area contributed by atoms with Gasteiger partial charge in [0, 0.05) is 12.0 Å². The Morgan fingerprint density at radius 1 is 1.33 bits per heavy atom. The van der Waals surface area contributed by atoms with E-state index in [0.717, 1.165) is 24.0 Å². The normalized spacial score (nSPS) is 18.2. The molecule has 0 aromatic heterocycles.